The molecule has 2 aliphatic heterocycles. The number of cyclic esters (lactones) is 1. The van der Waals surface area contributed by atoms with Crippen LogP contribution in [-0.4, -0.2) is 68.0 Å². The normalized spacial score (nSPS) is 18.7. The van der Waals surface area contributed by atoms with Gasteiger partial charge in [-0.25, -0.2) is 4.79 Å². The number of esters is 2. The van der Waals surface area contributed by atoms with Gasteiger partial charge in [-0.15, -0.1) is 0 Å². The Labute approximate surface area is 195 Å². The molecule has 8 nitrogen and oxygen atoms in total. The fourth-order valence-corrected chi connectivity index (χ4v) is 4.28. The van der Waals surface area contributed by atoms with Crippen molar-refractivity contribution in [1.82, 2.24) is 4.90 Å². The Morgan fingerprint density at radius 2 is 2.12 bits per heavy atom. The van der Waals surface area contributed by atoms with Gasteiger partial charge in [0.05, 0.1) is 19.8 Å². The van der Waals surface area contributed by atoms with Crippen molar-refractivity contribution >= 4 is 11.9 Å². The van der Waals surface area contributed by atoms with E-state index in [1.54, 1.807) is 0 Å². The average Bonchev–Trinajstić information content (AvgIpc) is 3.21. The predicted octanol–water partition coefficient (Wildman–Crippen LogP) is 3.30. The van der Waals surface area contributed by atoms with Gasteiger partial charge >= 0.3 is 11.9 Å². The summed E-state index contributed by atoms with van der Waals surface area (Å²) in [5, 5.41) is 10.5. The number of phenolic OH excluding ortho intramolecular Hbond substituents is 1. The number of rotatable bonds is 10. The smallest absolute Gasteiger partial charge is 0.342 e. The summed E-state index contributed by atoms with van der Waals surface area (Å²) in [4.78, 5) is 26.3. The van der Waals surface area contributed by atoms with E-state index in [1.165, 1.54) is 7.11 Å². The van der Waals surface area contributed by atoms with Gasteiger partial charge in [-0.05, 0) is 38.7 Å². The Balaban J connectivity index is 1.49. The molecule has 1 saturated heterocycles. The molecule has 2 heterocycles. The van der Waals surface area contributed by atoms with Crippen LogP contribution < -0.4 is 4.74 Å². The number of phenols is 1. The minimum Gasteiger partial charge on any atom is -0.504 e. The summed E-state index contributed by atoms with van der Waals surface area (Å²) in [6, 6.07) is 0. The van der Waals surface area contributed by atoms with E-state index >= 15 is 0 Å². The first kappa shape index (κ1) is 25.1. The second kappa shape index (κ2) is 11.5. The van der Waals surface area contributed by atoms with Crippen molar-refractivity contribution in [2.45, 2.75) is 59.2 Å². The van der Waals surface area contributed by atoms with E-state index in [-0.39, 0.29) is 30.0 Å². The molecule has 0 radical (unpaired) electrons. The molecule has 0 aliphatic carbocycles. The van der Waals surface area contributed by atoms with E-state index in [0.29, 0.717) is 37.2 Å². The molecule has 0 saturated carbocycles. The van der Waals surface area contributed by atoms with Crippen LogP contribution in [-0.2, 0) is 32.0 Å². The molecule has 1 aromatic rings. The maximum absolute atomic E-state index is 12.2. The van der Waals surface area contributed by atoms with Crippen molar-refractivity contribution < 1.29 is 33.6 Å². The molecule has 1 N–H and O–H groups in total. The quantitative estimate of drug-likeness (QED) is 0.419. The van der Waals surface area contributed by atoms with Crippen LogP contribution in [0.5, 0.6) is 11.5 Å². The van der Waals surface area contributed by atoms with Crippen LogP contribution >= 0.6 is 0 Å². The molecule has 8 heteroatoms. The van der Waals surface area contributed by atoms with Gasteiger partial charge in [0.1, 0.15) is 18.8 Å². The number of aromatic hydroxyl groups is 1. The number of carbonyl (C=O) groups is 2. The number of morpholine rings is 1. The van der Waals surface area contributed by atoms with Crippen molar-refractivity contribution in [3.8, 4) is 11.5 Å². The zero-order chi connectivity index (χ0) is 24.0. The standard InChI is InChI=1S/C25H35NO7/c1-5-18-14-26(10-12-31-18)11-13-32-21(27)9-7-16(2)6-8-19-17(3)20-15-33-25(29)22(20)23(28)24(19)30-4/h6,18,28H,5,7-15H2,1-4H3/b16-6+/t18-/m1/s1. The van der Waals surface area contributed by atoms with Crippen LogP contribution in [0.25, 0.3) is 0 Å². The monoisotopic (exact) mass is 461 g/mol. The fraction of sp³-hybridized carbons (Fsp3) is 0.600. The summed E-state index contributed by atoms with van der Waals surface area (Å²) >= 11 is 0. The van der Waals surface area contributed by atoms with E-state index in [2.05, 4.69) is 11.8 Å². The van der Waals surface area contributed by atoms with Gasteiger partial charge in [0.25, 0.3) is 0 Å². The first-order valence-electron chi connectivity index (χ1n) is 11.6. The molecule has 0 unspecified atom stereocenters. The van der Waals surface area contributed by atoms with Gasteiger partial charge < -0.3 is 24.1 Å². The summed E-state index contributed by atoms with van der Waals surface area (Å²) < 4.78 is 21.5. The first-order valence-corrected chi connectivity index (χ1v) is 11.6. The van der Waals surface area contributed by atoms with Gasteiger partial charge in [0, 0.05) is 37.2 Å². The van der Waals surface area contributed by atoms with E-state index < -0.39 is 5.97 Å². The van der Waals surface area contributed by atoms with E-state index in [0.717, 1.165) is 49.4 Å². The van der Waals surface area contributed by atoms with Crippen LogP contribution in [0.3, 0.4) is 0 Å². The number of nitrogens with zero attached hydrogens (tertiary/aromatic N) is 1. The van der Waals surface area contributed by atoms with Gasteiger partial charge in [-0.2, -0.15) is 0 Å². The number of hydrogen-bond donors (Lipinski definition) is 1. The van der Waals surface area contributed by atoms with E-state index in [9.17, 15) is 14.7 Å². The van der Waals surface area contributed by atoms with Crippen LogP contribution in [0.15, 0.2) is 11.6 Å². The highest BCUT2D eigenvalue weighted by Crippen LogP contribution is 2.42. The lowest BCUT2D eigenvalue weighted by Gasteiger charge is -2.32. The molecule has 2 aliphatic rings. The van der Waals surface area contributed by atoms with Crippen molar-refractivity contribution in [3.63, 3.8) is 0 Å². The van der Waals surface area contributed by atoms with Crippen molar-refractivity contribution in [2.75, 3.05) is 40.0 Å². The number of hydrogen-bond acceptors (Lipinski definition) is 8. The molecule has 1 aromatic carbocycles. The molecule has 1 atom stereocenters. The Morgan fingerprint density at radius 3 is 2.85 bits per heavy atom. The second-order valence-electron chi connectivity index (χ2n) is 8.59. The highest BCUT2D eigenvalue weighted by molar-refractivity contribution is 5.98. The van der Waals surface area contributed by atoms with Crippen LogP contribution in [0.4, 0.5) is 0 Å². The summed E-state index contributed by atoms with van der Waals surface area (Å²) in [7, 11) is 1.47. The van der Waals surface area contributed by atoms with E-state index in [4.69, 9.17) is 18.9 Å². The van der Waals surface area contributed by atoms with Gasteiger partial charge in [-0.3, -0.25) is 9.69 Å². The molecule has 3 rings (SSSR count). The molecule has 182 valence electrons. The maximum Gasteiger partial charge on any atom is 0.342 e. The molecule has 0 bridgehead atoms. The topological polar surface area (TPSA) is 94.5 Å². The lowest BCUT2D eigenvalue weighted by Crippen LogP contribution is -2.43. The zero-order valence-corrected chi connectivity index (χ0v) is 20.1. The first-order chi connectivity index (χ1) is 15.8. The number of methoxy groups -OCH3 is 1. The minimum absolute atomic E-state index is 0.155. The van der Waals surface area contributed by atoms with Crippen molar-refractivity contribution in [2.24, 2.45) is 0 Å². The minimum atomic E-state index is -0.528. The molecular formula is C25H35NO7. The Kier molecular flexibility index (Phi) is 8.74. The molecule has 0 spiro atoms. The lowest BCUT2D eigenvalue weighted by molar-refractivity contribution is -0.144. The third-order valence-electron chi connectivity index (χ3n) is 6.42. The highest BCUT2D eigenvalue weighted by atomic mass is 16.5. The largest absolute Gasteiger partial charge is 0.504 e. The number of allylic oxidation sites excluding steroid dienone is 2. The Hall–Kier alpha value is -2.58. The third kappa shape index (κ3) is 6.06. The van der Waals surface area contributed by atoms with Gasteiger partial charge in [0.15, 0.2) is 11.5 Å². The summed E-state index contributed by atoms with van der Waals surface area (Å²) in [6.45, 7) is 9.74. The van der Waals surface area contributed by atoms with Crippen LogP contribution in [0, 0.1) is 6.92 Å². The van der Waals surface area contributed by atoms with Gasteiger partial charge in [-0.1, -0.05) is 18.6 Å². The van der Waals surface area contributed by atoms with Crippen LogP contribution in [0.1, 0.15) is 60.2 Å². The van der Waals surface area contributed by atoms with Crippen LogP contribution in [0.2, 0.25) is 0 Å². The summed E-state index contributed by atoms with van der Waals surface area (Å²) in [5.41, 5.74) is 3.62. The number of fused-ring (bicyclic) bond motifs is 1. The number of ether oxygens (including phenoxy) is 4. The second-order valence-corrected chi connectivity index (χ2v) is 8.59. The fourth-order valence-electron chi connectivity index (χ4n) is 4.28. The van der Waals surface area contributed by atoms with Gasteiger partial charge in [0.2, 0.25) is 0 Å². The van der Waals surface area contributed by atoms with Crippen molar-refractivity contribution in [3.05, 3.63) is 33.9 Å². The Bertz CT molecular complexity index is 909. The molecular weight excluding hydrogens is 426 g/mol. The molecule has 0 amide bonds. The molecule has 33 heavy (non-hydrogen) atoms. The SMILES string of the molecule is CC[C@@H]1CN(CCOC(=O)CC/C(C)=C/Cc2c(C)c3c(c(O)c2OC)C(=O)OC3)CCO1. The zero-order valence-electron chi connectivity index (χ0n) is 20.1. The molecule has 1 fully saturated rings. The number of benzene rings is 1. The summed E-state index contributed by atoms with van der Waals surface area (Å²) in [6.07, 6.45) is 4.70. The maximum atomic E-state index is 12.2. The highest BCUT2D eigenvalue weighted by Gasteiger charge is 2.32. The number of carbonyl (C=O) groups excluding carboxylic acids is 2. The lowest BCUT2D eigenvalue weighted by atomic mass is 9.93. The van der Waals surface area contributed by atoms with E-state index in [1.807, 2.05) is 19.9 Å². The van der Waals surface area contributed by atoms with Crippen molar-refractivity contribution in [1.29, 1.82) is 0 Å². The summed E-state index contributed by atoms with van der Waals surface area (Å²) in [5.74, 6) is -0.611. The third-order valence-corrected chi connectivity index (χ3v) is 6.42. The Morgan fingerprint density at radius 1 is 1.33 bits per heavy atom. The average molecular weight is 462 g/mol. The molecule has 0 aromatic heterocycles. The predicted molar refractivity (Wildman–Crippen MR) is 123 cm³/mol.